The number of aryl methyl sites for hydroxylation is 2. The normalized spacial score (nSPS) is 11.1. The predicted molar refractivity (Wildman–Crippen MR) is 73.8 cm³/mol. The molecule has 1 rings (SSSR count). The molecule has 6 nitrogen and oxygen atoms in total. The van der Waals surface area contributed by atoms with Crippen LogP contribution in [0.5, 0.6) is 0 Å². The summed E-state index contributed by atoms with van der Waals surface area (Å²) >= 11 is 0. The predicted octanol–water partition coefficient (Wildman–Crippen LogP) is 0.375. The summed E-state index contributed by atoms with van der Waals surface area (Å²) in [5.74, 6) is -0.990. The Bertz CT molecular complexity index is 644. The van der Waals surface area contributed by atoms with E-state index in [-0.39, 0.29) is 16.4 Å². The second kappa shape index (κ2) is 5.40. The maximum absolute atomic E-state index is 11.9. The molecule has 0 fully saturated rings. The Labute approximate surface area is 112 Å². The van der Waals surface area contributed by atoms with E-state index in [1.165, 1.54) is 6.07 Å². The van der Waals surface area contributed by atoms with E-state index in [0.29, 0.717) is 17.5 Å². The molecular formula is C12H17N3O3S. The number of hydrogen-bond acceptors (Lipinski definition) is 3. The molecule has 0 radical (unpaired) electrons. The molecule has 0 aliphatic rings. The summed E-state index contributed by atoms with van der Waals surface area (Å²) < 4.78 is 23.3. The number of hydrogen-bond donors (Lipinski definition) is 2. The molecule has 0 atom stereocenters. The molecule has 0 aliphatic carbocycles. The van der Waals surface area contributed by atoms with Crippen molar-refractivity contribution in [3.63, 3.8) is 0 Å². The van der Waals surface area contributed by atoms with E-state index in [9.17, 15) is 13.2 Å². The molecule has 0 aliphatic heterocycles. The molecule has 0 spiro atoms. The minimum Gasteiger partial charge on any atom is -0.370 e. The van der Waals surface area contributed by atoms with Crippen LogP contribution in [0.15, 0.2) is 22.0 Å². The first kappa shape index (κ1) is 15.2. The molecule has 1 aromatic carbocycles. The van der Waals surface area contributed by atoms with E-state index in [4.69, 9.17) is 11.5 Å². The van der Waals surface area contributed by atoms with Gasteiger partial charge in [-0.05, 0) is 30.5 Å². The van der Waals surface area contributed by atoms with Crippen molar-refractivity contribution in [2.24, 2.45) is 16.5 Å². The maximum atomic E-state index is 11.9. The Morgan fingerprint density at radius 2 is 1.89 bits per heavy atom. The fourth-order valence-corrected chi connectivity index (χ4v) is 2.79. The average molecular weight is 283 g/mol. The second-order valence-corrected chi connectivity index (χ2v) is 6.23. The summed E-state index contributed by atoms with van der Waals surface area (Å²) in [6.45, 7) is 3.55. The number of benzene rings is 1. The third-order valence-corrected chi connectivity index (χ3v) is 3.88. The summed E-state index contributed by atoms with van der Waals surface area (Å²) in [6, 6.07) is 3.00. The van der Waals surface area contributed by atoms with Gasteiger partial charge in [-0.2, -0.15) is 4.99 Å². The third kappa shape index (κ3) is 3.54. The van der Waals surface area contributed by atoms with Gasteiger partial charge in [0.25, 0.3) is 5.91 Å². The van der Waals surface area contributed by atoms with Crippen molar-refractivity contribution in [2.75, 3.05) is 6.26 Å². The highest BCUT2D eigenvalue weighted by Gasteiger charge is 2.18. The van der Waals surface area contributed by atoms with E-state index in [1.807, 2.05) is 6.92 Å². The molecule has 0 bridgehead atoms. The molecule has 0 saturated carbocycles. The highest BCUT2D eigenvalue weighted by Crippen LogP contribution is 2.22. The molecule has 7 heteroatoms. The van der Waals surface area contributed by atoms with Gasteiger partial charge >= 0.3 is 0 Å². The van der Waals surface area contributed by atoms with Crippen molar-refractivity contribution in [2.45, 2.75) is 25.2 Å². The Balaban J connectivity index is 3.55. The Hall–Kier alpha value is -1.89. The smallest absolute Gasteiger partial charge is 0.280 e. The molecular weight excluding hydrogens is 266 g/mol. The monoisotopic (exact) mass is 283 g/mol. The zero-order valence-corrected chi connectivity index (χ0v) is 11.9. The van der Waals surface area contributed by atoms with Crippen LogP contribution in [0.3, 0.4) is 0 Å². The van der Waals surface area contributed by atoms with E-state index < -0.39 is 15.7 Å². The number of amides is 1. The molecule has 0 aromatic heterocycles. The first-order valence-electron chi connectivity index (χ1n) is 5.64. The van der Waals surface area contributed by atoms with Crippen LogP contribution < -0.4 is 11.5 Å². The molecule has 1 aromatic rings. The molecule has 19 heavy (non-hydrogen) atoms. The molecule has 0 unspecified atom stereocenters. The first-order valence-corrected chi connectivity index (χ1v) is 7.53. The lowest BCUT2D eigenvalue weighted by molar-refractivity contribution is 0.100. The molecule has 104 valence electrons. The van der Waals surface area contributed by atoms with Crippen LogP contribution in [0.4, 0.5) is 0 Å². The Morgan fingerprint density at radius 1 is 1.32 bits per heavy atom. The lowest BCUT2D eigenvalue weighted by atomic mass is 10.0. The zero-order chi connectivity index (χ0) is 14.8. The van der Waals surface area contributed by atoms with Crippen LogP contribution in [0.2, 0.25) is 0 Å². The van der Waals surface area contributed by atoms with Gasteiger partial charge < -0.3 is 11.5 Å². The third-order valence-electron chi connectivity index (χ3n) is 2.64. The molecule has 4 N–H and O–H groups in total. The van der Waals surface area contributed by atoms with E-state index >= 15 is 0 Å². The van der Waals surface area contributed by atoms with Gasteiger partial charge in [0, 0.05) is 11.8 Å². The van der Waals surface area contributed by atoms with E-state index in [2.05, 4.69) is 4.99 Å². The van der Waals surface area contributed by atoms with Gasteiger partial charge in [0.15, 0.2) is 15.8 Å². The fraction of sp³-hybridized carbons (Fsp3) is 0.333. The zero-order valence-electron chi connectivity index (χ0n) is 11.1. The Kier molecular flexibility index (Phi) is 4.31. The molecule has 0 heterocycles. The van der Waals surface area contributed by atoms with Gasteiger partial charge in [-0.3, -0.25) is 4.79 Å². The topological polar surface area (TPSA) is 116 Å². The highest BCUT2D eigenvalue weighted by molar-refractivity contribution is 7.90. The second-order valence-electron chi connectivity index (χ2n) is 4.24. The van der Waals surface area contributed by atoms with Crippen molar-refractivity contribution >= 4 is 21.7 Å². The number of aliphatic imine (C=N–C) groups is 1. The van der Waals surface area contributed by atoms with Gasteiger partial charge in [0.2, 0.25) is 0 Å². The summed E-state index contributed by atoms with van der Waals surface area (Å²) in [4.78, 5) is 15.4. The van der Waals surface area contributed by atoms with Crippen LogP contribution in [0.1, 0.15) is 28.4 Å². The van der Waals surface area contributed by atoms with Crippen molar-refractivity contribution < 1.29 is 13.2 Å². The van der Waals surface area contributed by atoms with Crippen LogP contribution >= 0.6 is 0 Å². The summed E-state index contributed by atoms with van der Waals surface area (Å²) in [5.41, 5.74) is 11.8. The number of nitrogens with zero attached hydrogens (tertiary/aromatic N) is 1. The standard InChI is InChI=1S/C12H17N3O3S/c1-4-8-5-7(2)10(19(3,17)18)6-9(8)11(16)15-12(13)14/h5-6H,4H2,1-3H3,(H4,13,14,15,16). The van der Waals surface area contributed by atoms with Crippen LogP contribution in [-0.4, -0.2) is 26.5 Å². The molecule has 0 saturated heterocycles. The van der Waals surface area contributed by atoms with Gasteiger partial charge in [0.05, 0.1) is 4.90 Å². The van der Waals surface area contributed by atoms with Gasteiger partial charge in [-0.1, -0.05) is 13.0 Å². The Morgan fingerprint density at radius 3 is 2.32 bits per heavy atom. The number of sulfone groups is 1. The minimum absolute atomic E-state index is 0.110. The lowest BCUT2D eigenvalue weighted by Gasteiger charge is -2.10. The summed E-state index contributed by atoms with van der Waals surface area (Å²) in [5, 5.41) is 0. The number of guanidine groups is 1. The lowest BCUT2D eigenvalue weighted by Crippen LogP contribution is -2.24. The van der Waals surface area contributed by atoms with E-state index in [1.54, 1.807) is 13.0 Å². The largest absolute Gasteiger partial charge is 0.370 e. The van der Waals surface area contributed by atoms with Gasteiger partial charge in [0.1, 0.15) is 0 Å². The average Bonchev–Trinajstić information content (AvgIpc) is 2.25. The fourth-order valence-electron chi connectivity index (χ4n) is 1.82. The van der Waals surface area contributed by atoms with E-state index in [0.717, 1.165) is 6.26 Å². The van der Waals surface area contributed by atoms with Crippen molar-refractivity contribution in [1.29, 1.82) is 0 Å². The van der Waals surface area contributed by atoms with Crippen molar-refractivity contribution in [3.05, 3.63) is 28.8 Å². The van der Waals surface area contributed by atoms with Crippen LogP contribution in [0, 0.1) is 6.92 Å². The number of nitrogens with two attached hydrogens (primary N) is 2. The van der Waals surface area contributed by atoms with Crippen LogP contribution in [-0.2, 0) is 16.3 Å². The minimum atomic E-state index is -3.41. The maximum Gasteiger partial charge on any atom is 0.280 e. The van der Waals surface area contributed by atoms with Gasteiger partial charge in [-0.15, -0.1) is 0 Å². The van der Waals surface area contributed by atoms with Crippen molar-refractivity contribution in [3.8, 4) is 0 Å². The number of rotatable bonds is 3. The first-order chi connectivity index (χ1) is 8.66. The van der Waals surface area contributed by atoms with Crippen LogP contribution in [0.25, 0.3) is 0 Å². The number of carbonyl (C=O) groups is 1. The highest BCUT2D eigenvalue weighted by atomic mass is 32.2. The number of carbonyl (C=O) groups excluding carboxylic acids is 1. The SMILES string of the molecule is CCc1cc(C)c(S(C)(=O)=O)cc1C(=O)N=C(N)N. The van der Waals surface area contributed by atoms with Crippen molar-refractivity contribution in [1.82, 2.24) is 0 Å². The van der Waals surface area contributed by atoms with Gasteiger partial charge in [-0.25, -0.2) is 8.42 Å². The quantitative estimate of drug-likeness (QED) is 0.614. The molecule has 1 amide bonds. The summed E-state index contributed by atoms with van der Waals surface area (Å²) in [6.07, 6.45) is 1.67. The summed E-state index contributed by atoms with van der Waals surface area (Å²) in [7, 11) is -3.41.